The van der Waals surface area contributed by atoms with E-state index in [1.807, 2.05) is 42.6 Å². The number of aromatic nitrogens is 1. The van der Waals surface area contributed by atoms with Crippen molar-refractivity contribution in [3.63, 3.8) is 0 Å². The van der Waals surface area contributed by atoms with Gasteiger partial charge in [0.1, 0.15) is 0 Å². The zero-order chi connectivity index (χ0) is 18.6. The summed E-state index contributed by atoms with van der Waals surface area (Å²) in [6, 6.07) is 16.0. The van der Waals surface area contributed by atoms with Crippen molar-refractivity contribution in [2.24, 2.45) is 0 Å². The maximum Gasteiger partial charge on any atom is 0.310 e. The fourth-order valence-corrected chi connectivity index (χ4v) is 3.77. The average molecular weight is 362 g/mol. The molecule has 1 aliphatic carbocycles. The quantitative estimate of drug-likeness (QED) is 0.683. The SMILES string of the molecule is O=C(COC(=O)Cc1c[nH]c2ccccc12)N[C@H]1CCCc2ccccc21. The van der Waals surface area contributed by atoms with Gasteiger partial charge in [-0.05, 0) is 42.0 Å². The zero-order valence-electron chi connectivity index (χ0n) is 15.0. The number of aromatic amines is 1. The van der Waals surface area contributed by atoms with Crippen molar-refractivity contribution < 1.29 is 14.3 Å². The highest BCUT2D eigenvalue weighted by Gasteiger charge is 2.21. The summed E-state index contributed by atoms with van der Waals surface area (Å²) in [5, 5.41) is 3.99. The molecule has 0 saturated carbocycles. The van der Waals surface area contributed by atoms with E-state index in [1.165, 1.54) is 11.1 Å². The lowest BCUT2D eigenvalue weighted by Crippen LogP contribution is -2.34. The minimum atomic E-state index is -0.404. The predicted molar refractivity (Wildman–Crippen MR) is 103 cm³/mol. The molecule has 0 radical (unpaired) electrons. The number of H-pyrrole nitrogens is 1. The molecule has 4 rings (SSSR count). The molecule has 0 fully saturated rings. The molecule has 0 spiro atoms. The van der Waals surface area contributed by atoms with E-state index in [-0.39, 0.29) is 25.0 Å². The monoisotopic (exact) mass is 362 g/mol. The summed E-state index contributed by atoms with van der Waals surface area (Å²) < 4.78 is 5.19. The van der Waals surface area contributed by atoms with Crippen molar-refractivity contribution in [3.8, 4) is 0 Å². The van der Waals surface area contributed by atoms with Gasteiger partial charge in [0.05, 0.1) is 12.5 Å². The minimum absolute atomic E-state index is 0.00484. The molecule has 1 amide bonds. The number of nitrogens with one attached hydrogen (secondary N) is 2. The normalized spacial score (nSPS) is 15.9. The number of ether oxygens (including phenoxy) is 1. The lowest BCUT2D eigenvalue weighted by Gasteiger charge is -2.26. The number of esters is 1. The fourth-order valence-electron chi connectivity index (χ4n) is 3.77. The summed E-state index contributed by atoms with van der Waals surface area (Å²) in [6.45, 7) is -0.250. The molecule has 0 bridgehead atoms. The molecule has 1 aliphatic rings. The van der Waals surface area contributed by atoms with Crippen molar-refractivity contribution in [1.29, 1.82) is 0 Å². The molecule has 5 nitrogen and oxygen atoms in total. The van der Waals surface area contributed by atoms with Crippen LogP contribution in [0, 0.1) is 0 Å². The molecule has 0 unspecified atom stereocenters. The van der Waals surface area contributed by atoms with Crippen LogP contribution in [0.5, 0.6) is 0 Å². The van der Waals surface area contributed by atoms with E-state index in [1.54, 1.807) is 0 Å². The second-order valence-electron chi connectivity index (χ2n) is 6.91. The molecule has 3 aromatic rings. The highest BCUT2D eigenvalue weighted by molar-refractivity contribution is 5.88. The first-order chi connectivity index (χ1) is 13.2. The van der Waals surface area contributed by atoms with Crippen LogP contribution in [0.25, 0.3) is 10.9 Å². The molecule has 2 aromatic carbocycles. The third-order valence-corrected chi connectivity index (χ3v) is 5.08. The molecule has 1 atom stereocenters. The van der Waals surface area contributed by atoms with Crippen molar-refractivity contribution in [2.75, 3.05) is 6.61 Å². The van der Waals surface area contributed by atoms with Gasteiger partial charge < -0.3 is 15.0 Å². The van der Waals surface area contributed by atoms with Gasteiger partial charge in [0.25, 0.3) is 5.91 Å². The van der Waals surface area contributed by atoms with Gasteiger partial charge in [0.15, 0.2) is 6.61 Å². The molecule has 138 valence electrons. The summed E-state index contributed by atoms with van der Waals surface area (Å²) in [6.07, 6.45) is 4.95. The number of amides is 1. The largest absolute Gasteiger partial charge is 0.455 e. The number of benzene rings is 2. The number of para-hydroxylation sites is 1. The Kier molecular flexibility index (Phi) is 4.92. The number of hydrogen-bond donors (Lipinski definition) is 2. The van der Waals surface area contributed by atoms with Gasteiger partial charge >= 0.3 is 5.97 Å². The predicted octanol–water partition coefficient (Wildman–Crippen LogP) is 3.45. The maximum atomic E-state index is 12.2. The van der Waals surface area contributed by atoms with Crippen LogP contribution in [0.4, 0.5) is 0 Å². The molecule has 27 heavy (non-hydrogen) atoms. The van der Waals surface area contributed by atoms with Gasteiger partial charge in [-0.1, -0.05) is 42.5 Å². The standard InChI is InChI=1S/C22H22N2O3/c25-21(24-20-11-5-7-15-6-1-2-8-17(15)20)14-27-22(26)12-16-13-23-19-10-4-3-9-18(16)19/h1-4,6,8-10,13,20,23H,5,7,11-12,14H2,(H,24,25)/t20-/m0/s1. The Morgan fingerprint density at radius 2 is 1.93 bits per heavy atom. The Morgan fingerprint density at radius 1 is 1.11 bits per heavy atom. The molecule has 1 aromatic heterocycles. The second-order valence-corrected chi connectivity index (χ2v) is 6.91. The Balaban J connectivity index is 1.31. The summed E-state index contributed by atoms with van der Waals surface area (Å²) in [5.41, 5.74) is 4.30. The Hall–Kier alpha value is -3.08. The third kappa shape index (κ3) is 3.87. The Bertz CT molecular complexity index is 976. The van der Waals surface area contributed by atoms with E-state index in [9.17, 15) is 9.59 Å². The molecular weight excluding hydrogens is 340 g/mol. The summed E-state index contributed by atoms with van der Waals surface area (Å²) >= 11 is 0. The van der Waals surface area contributed by atoms with Crippen LogP contribution in [0.3, 0.4) is 0 Å². The van der Waals surface area contributed by atoms with Crippen LogP contribution < -0.4 is 5.32 Å². The molecule has 5 heteroatoms. The first-order valence-corrected chi connectivity index (χ1v) is 9.28. The number of fused-ring (bicyclic) bond motifs is 2. The van der Waals surface area contributed by atoms with Crippen LogP contribution in [-0.2, 0) is 27.2 Å². The second kappa shape index (κ2) is 7.66. The van der Waals surface area contributed by atoms with E-state index < -0.39 is 5.97 Å². The van der Waals surface area contributed by atoms with Gasteiger partial charge in [-0.15, -0.1) is 0 Å². The summed E-state index contributed by atoms with van der Waals surface area (Å²) in [5.74, 6) is -0.664. The van der Waals surface area contributed by atoms with Crippen molar-refractivity contribution in [1.82, 2.24) is 10.3 Å². The van der Waals surface area contributed by atoms with Gasteiger partial charge in [0, 0.05) is 17.1 Å². The van der Waals surface area contributed by atoms with Crippen molar-refractivity contribution in [2.45, 2.75) is 31.7 Å². The van der Waals surface area contributed by atoms with E-state index in [0.29, 0.717) is 0 Å². The van der Waals surface area contributed by atoms with Gasteiger partial charge in [-0.25, -0.2) is 0 Å². The number of rotatable bonds is 5. The van der Waals surface area contributed by atoms with E-state index in [0.717, 1.165) is 35.7 Å². The van der Waals surface area contributed by atoms with E-state index >= 15 is 0 Å². The number of hydrogen-bond acceptors (Lipinski definition) is 3. The first kappa shape index (κ1) is 17.3. The molecule has 2 N–H and O–H groups in total. The highest BCUT2D eigenvalue weighted by atomic mass is 16.5. The van der Waals surface area contributed by atoms with E-state index in [4.69, 9.17) is 4.74 Å². The third-order valence-electron chi connectivity index (χ3n) is 5.08. The molecule has 0 aliphatic heterocycles. The van der Waals surface area contributed by atoms with Crippen LogP contribution in [0.15, 0.2) is 54.7 Å². The van der Waals surface area contributed by atoms with Gasteiger partial charge in [-0.2, -0.15) is 0 Å². The summed E-state index contributed by atoms with van der Waals surface area (Å²) in [7, 11) is 0. The van der Waals surface area contributed by atoms with Gasteiger partial charge in [-0.3, -0.25) is 9.59 Å². The molecular formula is C22H22N2O3. The lowest BCUT2D eigenvalue weighted by atomic mass is 9.88. The smallest absolute Gasteiger partial charge is 0.310 e. The van der Waals surface area contributed by atoms with Crippen LogP contribution in [0.1, 0.15) is 35.6 Å². The van der Waals surface area contributed by atoms with Crippen LogP contribution >= 0.6 is 0 Å². The lowest BCUT2D eigenvalue weighted by molar-refractivity contribution is -0.148. The maximum absolute atomic E-state index is 12.2. The first-order valence-electron chi connectivity index (χ1n) is 9.28. The molecule has 0 saturated heterocycles. The van der Waals surface area contributed by atoms with Gasteiger partial charge in [0.2, 0.25) is 0 Å². The van der Waals surface area contributed by atoms with E-state index in [2.05, 4.69) is 22.4 Å². The molecule has 1 heterocycles. The topological polar surface area (TPSA) is 71.2 Å². The Labute approximate surface area is 157 Å². The Morgan fingerprint density at radius 3 is 2.85 bits per heavy atom. The zero-order valence-corrected chi connectivity index (χ0v) is 15.0. The minimum Gasteiger partial charge on any atom is -0.455 e. The average Bonchev–Trinajstić information content (AvgIpc) is 3.10. The number of carbonyl (C=O) groups is 2. The van der Waals surface area contributed by atoms with Crippen molar-refractivity contribution in [3.05, 3.63) is 71.4 Å². The van der Waals surface area contributed by atoms with Crippen molar-refractivity contribution >= 4 is 22.8 Å². The number of carbonyl (C=O) groups excluding carboxylic acids is 2. The highest BCUT2D eigenvalue weighted by Crippen LogP contribution is 2.29. The van der Waals surface area contributed by atoms with Crippen LogP contribution in [-0.4, -0.2) is 23.5 Å². The fraction of sp³-hybridized carbons (Fsp3) is 0.273. The number of aryl methyl sites for hydroxylation is 1. The summed E-state index contributed by atoms with van der Waals surface area (Å²) in [4.78, 5) is 27.5. The van der Waals surface area contributed by atoms with Crippen LogP contribution in [0.2, 0.25) is 0 Å².